The quantitative estimate of drug-likeness (QED) is 0.498. The summed E-state index contributed by atoms with van der Waals surface area (Å²) in [4.78, 5) is 2.11. The molecule has 3 aromatic rings. The van der Waals surface area contributed by atoms with E-state index in [2.05, 4.69) is 41.4 Å². The van der Waals surface area contributed by atoms with Crippen LogP contribution in [0.3, 0.4) is 0 Å². The first-order valence-electron chi connectivity index (χ1n) is 8.66. The lowest BCUT2D eigenvalue weighted by Crippen LogP contribution is -2.36. The molecule has 0 heterocycles. The zero-order valence-electron chi connectivity index (χ0n) is 14.9. The fourth-order valence-corrected chi connectivity index (χ4v) is 3.37. The fourth-order valence-electron chi connectivity index (χ4n) is 2.85. The van der Waals surface area contributed by atoms with Crippen molar-refractivity contribution in [3.8, 4) is 0 Å². The van der Waals surface area contributed by atoms with Gasteiger partial charge in [-0.3, -0.25) is 0 Å². The molecule has 0 aliphatic rings. The van der Waals surface area contributed by atoms with Gasteiger partial charge in [-0.05, 0) is 48.5 Å². The van der Waals surface area contributed by atoms with Crippen LogP contribution in [-0.4, -0.2) is 10.0 Å². The van der Waals surface area contributed by atoms with E-state index >= 15 is 0 Å². The number of thiocarbonyl (C=S) groups is 1. The van der Waals surface area contributed by atoms with Crippen LogP contribution in [0.5, 0.6) is 0 Å². The molecule has 3 rings (SSSR count). The van der Waals surface area contributed by atoms with Crippen molar-refractivity contribution in [1.29, 1.82) is 0 Å². The normalized spacial score (nSPS) is 11.7. The second kappa shape index (κ2) is 8.98. The van der Waals surface area contributed by atoms with Crippen molar-refractivity contribution in [2.75, 3.05) is 5.32 Å². The fraction of sp³-hybridized carbons (Fsp3) is 0.136. The Bertz CT molecular complexity index is 903. The highest BCUT2D eigenvalue weighted by molar-refractivity contribution is 7.80. The van der Waals surface area contributed by atoms with E-state index in [0.29, 0.717) is 17.3 Å². The van der Waals surface area contributed by atoms with E-state index in [1.54, 1.807) is 6.07 Å². The molecule has 0 amide bonds. The number of halogens is 2. The summed E-state index contributed by atoms with van der Waals surface area (Å²) >= 11 is 11.6. The zero-order chi connectivity index (χ0) is 19.2. The summed E-state index contributed by atoms with van der Waals surface area (Å²) in [6.45, 7) is 2.77. The van der Waals surface area contributed by atoms with Crippen LogP contribution in [0.25, 0.3) is 0 Å². The van der Waals surface area contributed by atoms with Crippen LogP contribution < -0.4 is 5.32 Å². The average molecular weight is 399 g/mol. The van der Waals surface area contributed by atoms with Gasteiger partial charge in [0.2, 0.25) is 0 Å². The van der Waals surface area contributed by atoms with Crippen molar-refractivity contribution >= 4 is 34.6 Å². The van der Waals surface area contributed by atoms with Gasteiger partial charge in [-0.25, -0.2) is 4.39 Å². The molecule has 0 unspecified atom stereocenters. The molecular weight excluding hydrogens is 379 g/mol. The summed E-state index contributed by atoms with van der Waals surface area (Å²) in [5.41, 5.74) is 2.97. The number of anilines is 1. The van der Waals surface area contributed by atoms with Gasteiger partial charge in [0.15, 0.2) is 5.11 Å². The SMILES string of the molecule is C[C@@H](c1ccccc1)N(Cc1ccccc1)C(=S)Nc1ccc(F)c(Cl)c1. The van der Waals surface area contributed by atoms with E-state index in [1.807, 2.05) is 36.4 Å². The molecule has 0 aliphatic carbocycles. The summed E-state index contributed by atoms with van der Waals surface area (Å²) in [5.74, 6) is -0.452. The molecule has 0 spiro atoms. The molecule has 0 aliphatic heterocycles. The first-order valence-corrected chi connectivity index (χ1v) is 9.45. The molecular formula is C22H20ClFN2S. The second-order valence-electron chi connectivity index (χ2n) is 6.26. The van der Waals surface area contributed by atoms with Crippen LogP contribution >= 0.6 is 23.8 Å². The molecule has 0 saturated heterocycles. The topological polar surface area (TPSA) is 15.3 Å². The van der Waals surface area contributed by atoms with Crippen molar-refractivity contribution in [2.45, 2.75) is 19.5 Å². The predicted molar refractivity (Wildman–Crippen MR) is 114 cm³/mol. The largest absolute Gasteiger partial charge is 0.338 e. The summed E-state index contributed by atoms with van der Waals surface area (Å²) < 4.78 is 13.4. The van der Waals surface area contributed by atoms with Crippen molar-refractivity contribution in [3.05, 3.63) is 101 Å². The maximum atomic E-state index is 13.4. The Morgan fingerprint density at radius 3 is 2.30 bits per heavy atom. The monoisotopic (exact) mass is 398 g/mol. The van der Waals surface area contributed by atoms with Crippen LogP contribution in [0, 0.1) is 5.82 Å². The Balaban J connectivity index is 1.85. The number of nitrogens with zero attached hydrogens (tertiary/aromatic N) is 1. The predicted octanol–water partition coefficient (Wildman–Crippen LogP) is 6.44. The third-order valence-electron chi connectivity index (χ3n) is 4.38. The van der Waals surface area contributed by atoms with Crippen molar-refractivity contribution < 1.29 is 4.39 Å². The summed E-state index contributed by atoms with van der Waals surface area (Å²) in [6.07, 6.45) is 0. The lowest BCUT2D eigenvalue weighted by molar-refractivity contribution is 0.334. The first-order chi connectivity index (χ1) is 13.0. The minimum atomic E-state index is -0.452. The molecule has 1 atom stereocenters. The highest BCUT2D eigenvalue weighted by Gasteiger charge is 2.19. The zero-order valence-corrected chi connectivity index (χ0v) is 16.5. The molecule has 0 saturated carbocycles. The third kappa shape index (κ3) is 5.06. The molecule has 138 valence electrons. The van der Waals surface area contributed by atoms with Gasteiger partial charge in [0.1, 0.15) is 5.82 Å². The second-order valence-corrected chi connectivity index (χ2v) is 7.05. The lowest BCUT2D eigenvalue weighted by Gasteiger charge is -2.32. The summed E-state index contributed by atoms with van der Waals surface area (Å²) in [7, 11) is 0. The molecule has 0 bridgehead atoms. The highest BCUT2D eigenvalue weighted by Crippen LogP contribution is 2.25. The Morgan fingerprint density at radius 1 is 1.04 bits per heavy atom. The highest BCUT2D eigenvalue weighted by atomic mass is 35.5. The number of benzene rings is 3. The van der Waals surface area contributed by atoms with Gasteiger partial charge in [-0.2, -0.15) is 0 Å². The smallest absolute Gasteiger partial charge is 0.174 e. The third-order valence-corrected chi connectivity index (χ3v) is 5.00. The number of hydrogen-bond acceptors (Lipinski definition) is 1. The van der Waals surface area contributed by atoms with E-state index in [1.165, 1.54) is 12.1 Å². The van der Waals surface area contributed by atoms with Crippen molar-refractivity contribution in [1.82, 2.24) is 4.90 Å². The summed E-state index contributed by atoms with van der Waals surface area (Å²) in [6, 6.07) is 24.9. The maximum absolute atomic E-state index is 13.4. The van der Waals surface area contributed by atoms with E-state index in [0.717, 1.165) is 11.1 Å². The minimum Gasteiger partial charge on any atom is -0.338 e. The van der Waals surface area contributed by atoms with Gasteiger partial charge in [0.05, 0.1) is 11.1 Å². The van der Waals surface area contributed by atoms with Gasteiger partial charge in [-0.1, -0.05) is 72.3 Å². The van der Waals surface area contributed by atoms with Crippen LogP contribution in [0.4, 0.5) is 10.1 Å². The molecule has 0 fully saturated rings. The van der Waals surface area contributed by atoms with Gasteiger partial charge in [0.25, 0.3) is 0 Å². The minimum absolute atomic E-state index is 0.0577. The van der Waals surface area contributed by atoms with E-state index in [9.17, 15) is 4.39 Å². The lowest BCUT2D eigenvalue weighted by atomic mass is 10.1. The average Bonchev–Trinajstić information content (AvgIpc) is 2.70. The Kier molecular flexibility index (Phi) is 6.43. The molecule has 2 nitrogen and oxygen atoms in total. The maximum Gasteiger partial charge on any atom is 0.174 e. The molecule has 3 aromatic carbocycles. The van der Waals surface area contributed by atoms with Crippen molar-refractivity contribution in [3.63, 3.8) is 0 Å². The molecule has 0 aromatic heterocycles. The van der Waals surface area contributed by atoms with Crippen molar-refractivity contribution in [2.24, 2.45) is 0 Å². The van der Waals surface area contributed by atoms with Gasteiger partial charge in [0, 0.05) is 12.2 Å². The Morgan fingerprint density at radius 2 is 1.67 bits per heavy atom. The van der Waals surface area contributed by atoms with E-state index < -0.39 is 5.82 Å². The molecule has 27 heavy (non-hydrogen) atoms. The van der Waals surface area contributed by atoms with E-state index in [4.69, 9.17) is 23.8 Å². The van der Waals surface area contributed by atoms with Gasteiger partial charge >= 0.3 is 0 Å². The Hall–Kier alpha value is -2.43. The number of rotatable bonds is 5. The van der Waals surface area contributed by atoms with Crippen LogP contribution in [0.15, 0.2) is 78.9 Å². The molecule has 1 N–H and O–H groups in total. The van der Waals surface area contributed by atoms with Gasteiger partial charge in [-0.15, -0.1) is 0 Å². The van der Waals surface area contributed by atoms with Crippen LogP contribution in [0.2, 0.25) is 5.02 Å². The first kappa shape index (κ1) is 19.3. The summed E-state index contributed by atoms with van der Waals surface area (Å²) in [5, 5.41) is 3.80. The van der Waals surface area contributed by atoms with Crippen LogP contribution in [0.1, 0.15) is 24.1 Å². The van der Waals surface area contributed by atoms with E-state index in [-0.39, 0.29) is 11.1 Å². The van der Waals surface area contributed by atoms with Crippen LogP contribution in [-0.2, 0) is 6.54 Å². The standard InChI is InChI=1S/C22H20ClFN2S/c1-16(18-10-6-3-7-11-18)26(15-17-8-4-2-5-9-17)22(27)25-19-12-13-21(24)20(23)14-19/h2-14,16H,15H2,1H3,(H,25,27)/t16-/m0/s1. The number of hydrogen-bond donors (Lipinski definition) is 1. The molecule has 0 radical (unpaired) electrons. The Labute approximate surface area is 169 Å². The van der Waals surface area contributed by atoms with Gasteiger partial charge < -0.3 is 10.2 Å². The number of nitrogens with one attached hydrogen (secondary N) is 1. The molecule has 5 heteroatoms.